The van der Waals surface area contributed by atoms with Crippen LogP contribution in [0.3, 0.4) is 0 Å². The van der Waals surface area contributed by atoms with Crippen LogP contribution in [0.25, 0.3) is 0 Å². The third kappa shape index (κ3) is 4.28. The summed E-state index contributed by atoms with van der Waals surface area (Å²) in [4.78, 5) is 36.1. The predicted octanol–water partition coefficient (Wildman–Crippen LogP) is 1.04. The van der Waals surface area contributed by atoms with E-state index in [1.807, 2.05) is 0 Å². The number of carbonyl (C=O) groups excluding carboxylic acids is 3. The molecule has 0 aliphatic rings. The van der Waals surface area contributed by atoms with Gasteiger partial charge in [-0.15, -0.1) is 0 Å². The zero-order valence-electron chi connectivity index (χ0n) is 12.4. The molecule has 7 nitrogen and oxygen atoms in total. The van der Waals surface area contributed by atoms with Crippen molar-refractivity contribution >= 4 is 29.2 Å². The number of rotatable bonds is 5. The van der Waals surface area contributed by atoms with E-state index < -0.39 is 5.97 Å². The van der Waals surface area contributed by atoms with Gasteiger partial charge in [-0.25, -0.2) is 4.79 Å². The number of hydrogen-bond donors (Lipinski definition) is 1. The van der Waals surface area contributed by atoms with Gasteiger partial charge in [-0.2, -0.15) is 0 Å². The molecular weight excluding hydrogens is 276 g/mol. The molecule has 0 spiro atoms. The molecule has 2 amide bonds. The molecule has 0 radical (unpaired) electrons. The van der Waals surface area contributed by atoms with Gasteiger partial charge in [0.15, 0.2) is 0 Å². The summed E-state index contributed by atoms with van der Waals surface area (Å²) in [5.74, 6) is -1.16. The second kappa shape index (κ2) is 7.39. The molecule has 0 saturated carbocycles. The van der Waals surface area contributed by atoms with E-state index in [2.05, 4.69) is 5.32 Å². The smallest absolute Gasteiger partial charge is 0.339 e. The standard InChI is InChI=1S/C14H18N2O5/c1-9(17)15-10-5-6-11(14(19)21-4)12(7-10)16(2)13(18)8-20-3/h5-7H,8H2,1-4H3,(H,15,17). The highest BCUT2D eigenvalue weighted by molar-refractivity contribution is 6.04. The summed E-state index contributed by atoms with van der Waals surface area (Å²) in [7, 11) is 4.17. The Bertz CT molecular complexity index is 556. The topological polar surface area (TPSA) is 84.9 Å². The van der Waals surface area contributed by atoms with Crippen molar-refractivity contribution in [3.63, 3.8) is 0 Å². The summed E-state index contributed by atoms with van der Waals surface area (Å²) in [6, 6.07) is 4.58. The van der Waals surface area contributed by atoms with Crippen LogP contribution in [0.5, 0.6) is 0 Å². The molecule has 7 heteroatoms. The van der Waals surface area contributed by atoms with Crippen molar-refractivity contribution in [1.82, 2.24) is 0 Å². The minimum absolute atomic E-state index is 0.124. The Kier molecular flexibility index (Phi) is 5.86. The lowest BCUT2D eigenvalue weighted by atomic mass is 10.1. The van der Waals surface area contributed by atoms with Gasteiger partial charge in [-0.05, 0) is 18.2 Å². The van der Waals surface area contributed by atoms with E-state index in [9.17, 15) is 14.4 Å². The number of anilines is 2. The van der Waals surface area contributed by atoms with Gasteiger partial charge in [0.05, 0.1) is 18.4 Å². The Morgan fingerprint density at radius 1 is 1.24 bits per heavy atom. The van der Waals surface area contributed by atoms with Gasteiger partial charge >= 0.3 is 5.97 Å². The van der Waals surface area contributed by atoms with Crippen molar-refractivity contribution in [1.29, 1.82) is 0 Å². The van der Waals surface area contributed by atoms with Crippen molar-refractivity contribution < 1.29 is 23.9 Å². The van der Waals surface area contributed by atoms with Crippen LogP contribution in [0, 0.1) is 0 Å². The summed E-state index contributed by atoms with van der Waals surface area (Å²) >= 11 is 0. The summed E-state index contributed by atoms with van der Waals surface area (Å²) in [5.41, 5.74) is 1.02. The zero-order chi connectivity index (χ0) is 16.0. The molecule has 0 aliphatic carbocycles. The fraction of sp³-hybridized carbons (Fsp3) is 0.357. The number of likely N-dealkylation sites (N-methyl/N-ethyl adjacent to an activating group) is 1. The van der Waals surface area contributed by atoms with Crippen molar-refractivity contribution in [2.45, 2.75) is 6.92 Å². The maximum Gasteiger partial charge on any atom is 0.339 e. The van der Waals surface area contributed by atoms with E-state index >= 15 is 0 Å². The molecule has 0 unspecified atom stereocenters. The number of esters is 1. The number of nitrogens with one attached hydrogen (secondary N) is 1. The Hall–Kier alpha value is -2.41. The summed E-state index contributed by atoms with van der Waals surface area (Å²) in [6.45, 7) is 1.25. The number of amides is 2. The van der Waals surface area contributed by atoms with Gasteiger partial charge in [0.25, 0.3) is 5.91 Å². The van der Waals surface area contributed by atoms with Crippen LogP contribution in [0.4, 0.5) is 11.4 Å². The van der Waals surface area contributed by atoms with Crippen LogP contribution in [-0.2, 0) is 19.1 Å². The molecular formula is C14H18N2O5. The Balaban J connectivity index is 3.24. The molecule has 0 bridgehead atoms. The fourth-order valence-corrected chi connectivity index (χ4v) is 1.73. The average Bonchev–Trinajstić information content (AvgIpc) is 2.45. The molecule has 0 aromatic heterocycles. The summed E-state index contributed by atoms with van der Waals surface area (Å²) < 4.78 is 9.48. The summed E-state index contributed by atoms with van der Waals surface area (Å²) in [5, 5.41) is 2.59. The highest BCUT2D eigenvalue weighted by Crippen LogP contribution is 2.25. The number of carbonyl (C=O) groups is 3. The molecule has 21 heavy (non-hydrogen) atoms. The Labute approximate surface area is 122 Å². The number of ether oxygens (including phenoxy) is 2. The number of hydrogen-bond acceptors (Lipinski definition) is 5. The van der Waals surface area contributed by atoms with Crippen molar-refractivity contribution in [2.24, 2.45) is 0 Å². The van der Waals surface area contributed by atoms with Gasteiger partial charge in [0.1, 0.15) is 6.61 Å². The Morgan fingerprint density at radius 2 is 1.90 bits per heavy atom. The molecule has 1 rings (SSSR count). The third-order valence-corrected chi connectivity index (χ3v) is 2.73. The normalized spacial score (nSPS) is 9.90. The molecule has 1 aromatic carbocycles. The van der Waals surface area contributed by atoms with E-state index in [0.717, 1.165) is 0 Å². The van der Waals surface area contributed by atoms with E-state index in [1.54, 1.807) is 6.07 Å². The first-order valence-corrected chi connectivity index (χ1v) is 6.16. The zero-order valence-corrected chi connectivity index (χ0v) is 12.4. The van der Waals surface area contributed by atoms with Crippen molar-refractivity contribution in [2.75, 3.05) is 38.1 Å². The summed E-state index contributed by atoms with van der Waals surface area (Å²) in [6.07, 6.45) is 0. The highest BCUT2D eigenvalue weighted by atomic mass is 16.5. The third-order valence-electron chi connectivity index (χ3n) is 2.73. The van der Waals surface area contributed by atoms with Crippen LogP contribution in [0.15, 0.2) is 18.2 Å². The minimum atomic E-state index is -0.573. The SMILES string of the molecule is COCC(=O)N(C)c1cc(NC(C)=O)ccc1C(=O)OC. The van der Waals surface area contributed by atoms with Gasteiger partial charge in [0, 0.05) is 26.8 Å². The second-order valence-electron chi connectivity index (χ2n) is 4.29. The van der Waals surface area contributed by atoms with Crippen LogP contribution in [0.2, 0.25) is 0 Å². The molecule has 0 heterocycles. The van der Waals surface area contributed by atoms with Crippen molar-refractivity contribution in [3.8, 4) is 0 Å². The van der Waals surface area contributed by atoms with Gasteiger partial charge in [-0.3, -0.25) is 9.59 Å². The monoisotopic (exact) mass is 294 g/mol. The van der Waals surface area contributed by atoms with Gasteiger partial charge < -0.3 is 19.7 Å². The first-order chi connectivity index (χ1) is 9.90. The van der Waals surface area contributed by atoms with E-state index in [-0.39, 0.29) is 24.0 Å². The number of methoxy groups -OCH3 is 2. The molecule has 0 fully saturated rings. The first-order valence-electron chi connectivity index (χ1n) is 6.16. The average molecular weight is 294 g/mol. The maximum atomic E-state index is 11.9. The lowest BCUT2D eigenvalue weighted by Crippen LogP contribution is -2.31. The maximum absolute atomic E-state index is 11.9. The van der Waals surface area contributed by atoms with E-state index in [4.69, 9.17) is 9.47 Å². The molecule has 0 saturated heterocycles. The number of nitrogens with zero attached hydrogens (tertiary/aromatic N) is 1. The largest absolute Gasteiger partial charge is 0.465 e. The molecule has 1 aromatic rings. The highest BCUT2D eigenvalue weighted by Gasteiger charge is 2.20. The van der Waals surface area contributed by atoms with E-state index in [0.29, 0.717) is 11.4 Å². The minimum Gasteiger partial charge on any atom is -0.465 e. The number of benzene rings is 1. The van der Waals surface area contributed by atoms with Crippen molar-refractivity contribution in [3.05, 3.63) is 23.8 Å². The quantitative estimate of drug-likeness (QED) is 0.820. The second-order valence-corrected chi connectivity index (χ2v) is 4.29. The van der Waals surface area contributed by atoms with Crippen LogP contribution >= 0.6 is 0 Å². The molecule has 0 aliphatic heterocycles. The van der Waals surface area contributed by atoms with E-state index in [1.165, 1.54) is 45.2 Å². The predicted molar refractivity (Wildman–Crippen MR) is 77.4 cm³/mol. The Morgan fingerprint density at radius 3 is 2.43 bits per heavy atom. The van der Waals surface area contributed by atoms with Crippen LogP contribution < -0.4 is 10.2 Å². The lowest BCUT2D eigenvalue weighted by molar-refractivity contribution is -0.121. The fourth-order valence-electron chi connectivity index (χ4n) is 1.73. The first kappa shape index (κ1) is 16.6. The van der Waals surface area contributed by atoms with Gasteiger partial charge in [-0.1, -0.05) is 0 Å². The molecule has 1 N–H and O–H groups in total. The molecule has 114 valence electrons. The molecule has 0 atom stereocenters. The lowest BCUT2D eigenvalue weighted by Gasteiger charge is -2.20. The van der Waals surface area contributed by atoms with Gasteiger partial charge in [0.2, 0.25) is 5.91 Å². The van der Waals surface area contributed by atoms with Crippen LogP contribution in [0.1, 0.15) is 17.3 Å². The van der Waals surface area contributed by atoms with Crippen LogP contribution in [-0.4, -0.2) is 45.7 Å².